The van der Waals surface area contributed by atoms with Gasteiger partial charge in [-0.15, -0.1) is 11.3 Å². The molecule has 0 bridgehead atoms. The molecule has 1 aromatic carbocycles. The Morgan fingerprint density at radius 2 is 2.00 bits per heavy atom. The Labute approximate surface area is 160 Å². The van der Waals surface area contributed by atoms with Crippen LogP contribution in [0.25, 0.3) is 0 Å². The minimum absolute atomic E-state index is 0.310. The molecule has 3 rings (SSSR count). The Kier molecular flexibility index (Phi) is 5.71. The van der Waals surface area contributed by atoms with Crippen LogP contribution in [0.15, 0.2) is 47.8 Å². The van der Waals surface area contributed by atoms with E-state index in [1.54, 1.807) is 23.5 Å². The van der Waals surface area contributed by atoms with Gasteiger partial charge in [-0.25, -0.2) is 9.18 Å². The predicted molar refractivity (Wildman–Crippen MR) is 103 cm³/mol. The largest absolute Gasteiger partial charge is 0.452 e. The third-order valence-corrected chi connectivity index (χ3v) is 4.99. The first-order valence-electron chi connectivity index (χ1n) is 8.35. The zero-order chi connectivity index (χ0) is 19.4. The monoisotopic (exact) mass is 386 g/mol. The fraction of sp³-hybridized carbons (Fsp3) is 0.200. The molecule has 0 aliphatic rings. The predicted octanol–water partition coefficient (Wildman–Crippen LogP) is 4.15. The summed E-state index contributed by atoms with van der Waals surface area (Å²) < 4.78 is 20.3. The highest BCUT2D eigenvalue weighted by Crippen LogP contribution is 2.20. The molecular weight excluding hydrogens is 367 g/mol. The van der Waals surface area contributed by atoms with E-state index in [0.717, 1.165) is 11.4 Å². The van der Waals surface area contributed by atoms with Crippen molar-refractivity contribution < 1.29 is 18.7 Å². The number of aryl methyl sites for hydroxylation is 1. The minimum Gasteiger partial charge on any atom is -0.452 e. The Morgan fingerprint density at radius 1 is 1.19 bits per heavy atom. The fourth-order valence-electron chi connectivity index (χ4n) is 2.78. The lowest BCUT2D eigenvalue weighted by Gasteiger charge is -2.09. The van der Waals surface area contributed by atoms with E-state index in [2.05, 4.69) is 5.32 Å². The molecule has 0 fully saturated rings. The molecule has 1 amide bonds. The summed E-state index contributed by atoms with van der Waals surface area (Å²) in [5.74, 6) is -1.54. The first kappa shape index (κ1) is 18.8. The van der Waals surface area contributed by atoms with Crippen molar-refractivity contribution in [1.29, 1.82) is 0 Å². The second-order valence-electron chi connectivity index (χ2n) is 6.08. The number of thiophene rings is 1. The molecule has 0 saturated carbocycles. The van der Waals surface area contributed by atoms with E-state index in [9.17, 15) is 14.0 Å². The number of amides is 1. The third-order valence-electron chi connectivity index (χ3n) is 4.13. The van der Waals surface area contributed by atoms with Crippen molar-refractivity contribution in [3.8, 4) is 0 Å². The average Bonchev–Trinajstić information content (AvgIpc) is 3.23. The Hall–Kier alpha value is -2.93. The number of nitrogens with one attached hydrogen (secondary N) is 1. The van der Waals surface area contributed by atoms with Gasteiger partial charge in [-0.05, 0) is 49.6 Å². The highest BCUT2D eigenvalue weighted by Gasteiger charge is 2.18. The second kappa shape index (κ2) is 8.18. The zero-order valence-corrected chi connectivity index (χ0v) is 15.8. The third kappa shape index (κ3) is 4.62. The number of benzene rings is 1. The highest BCUT2D eigenvalue weighted by molar-refractivity contribution is 7.09. The number of carbonyl (C=O) groups is 2. The van der Waals surface area contributed by atoms with Crippen LogP contribution in [0.1, 0.15) is 26.6 Å². The minimum atomic E-state index is -0.560. The summed E-state index contributed by atoms with van der Waals surface area (Å²) in [6.07, 6.45) is 0. The van der Waals surface area contributed by atoms with E-state index in [1.807, 2.05) is 35.9 Å². The van der Waals surface area contributed by atoms with Gasteiger partial charge in [0, 0.05) is 22.0 Å². The zero-order valence-electron chi connectivity index (χ0n) is 15.0. The molecule has 3 aromatic rings. The van der Waals surface area contributed by atoms with Crippen LogP contribution < -0.4 is 5.32 Å². The van der Waals surface area contributed by atoms with Crippen molar-refractivity contribution >= 4 is 28.9 Å². The maximum atomic E-state index is 13.1. The van der Waals surface area contributed by atoms with Crippen LogP contribution >= 0.6 is 11.3 Å². The maximum Gasteiger partial charge on any atom is 0.340 e. The van der Waals surface area contributed by atoms with Gasteiger partial charge in [0.15, 0.2) is 6.61 Å². The molecule has 2 heterocycles. The number of nitrogens with zero attached hydrogens (tertiary/aromatic N) is 1. The van der Waals surface area contributed by atoms with Crippen LogP contribution in [0.5, 0.6) is 0 Å². The molecule has 1 N–H and O–H groups in total. The van der Waals surface area contributed by atoms with Crippen molar-refractivity contribution in [2.75, 3.05) is 11.9 Å². The van der Waals surface area contributed by atoms with Gasteiger partial charge < -0.3 is 14.6 Å². The van der Waals surface area contributed by atoms with Gasteiger partial charge in [-0.3, -0.25) is 4.79 Å². The van der Waals surface area contributed by atoms with Crippen LogP contribution in [0.4, 0.5) is 10.1 Å². The summed E-state index contributed by atoms with van der Waals surface area (Å²) in [5, 5.41) is 4.50. The highest BCUT2D eigenvalue weighted by atomic mass is 32.1. The molecule has 27 heavy (non-hydrogen) atoms. The number of rotatable bonds is 6. The molecule has 7 heteroatoms. The normalized spacial score (nSPS) is 10.6. The standard InChI is InChI=1S/C20H19FN2O3S/c1-13-9-18(14(2)23(13)11-17-7-4-8-27-17)20(25)26-12-19(24)22-16-6-3-5-15(21)10-16/h3-10H,11-12H2,1-2H3,(H,22,24). The number of ether oxygens (including phenoxy) is 1. The van der Waals surface area contributed by atoms with Crippen molar-refractivity contribution in [1.82, 2.24) is 4.57 Å². The lowest BCUT2D eigenvalue weighted by molar-refractivity contribution is -0.119. The van der Waals surface area contributed by atoms with E-state index in [4.69, 9.17) is 4.74 Å². The molecule has 0 aliphatic heterocycles. The molecular formula is C20H19FN2O3S. The lowest BCUT2D eigenvalue weighted by Crippen LogP contribution is -2.21. The van der Waals surface area contributed by atoms with Crippen LogP contribution in [-0.4, -0.2) is 23.1 Å². The van der Waals surface area contributed by atoms with E-state index in [0.29, 0.717) is 17.8 Å². The number of esters is 1. The topological polar surface area (TPSA) is 60.3 Å². The van der Waals surface area contributed by atoms with E-state index >= 15 is 0 Å². The number of aromatic nitrogens is 1. The molecule has 0 atom stereocenters. The summed E-state index contributed by atoms with van der Waals surface area (Å²) >= 11 is 1.65. The van der Waals surface area contributed by atoms with Crippen LogP contribution in [0, 0.1) is 19.7 Å². The maximum absolute atomic E-state index is 13.1. The van der Waals surface area contributed by atoms with Crippen LogP contribution in [0.3, 0.4) is 0 Å². The van der Waals surface area contributed by atoms with Crippen LogP contribution in [-0.2, 0) is 16.1 Å². The van der Waals surface area contributed by atoms with Gasteiger partial charge in [0.2, 0.25) is 0 Å². The summed E-state index contributed by atoms with van der Waals surface area (Å²) in [7, 11) is 0. The van der Waals surface area contributed by atoms with E-state index < -0.39 is 24.3 Å². The molecule has 0 radical (unpaired) electrons. The van der Waals surface area contributed by atoms with Gasteiger partial charge in [-0.2, -0.15) is 0 Å². The summed E-state index contributed by atoms with van der Waals surface area (Å²) in [5.41, 5.74) is 2.47. The van der Waals surface area contributed by atoms with Gasteiger partial charge in [0.05, 0.1) is 12.1 Å². The molecule has 0 unspecified atom stereocenters. The van der Waals surface area contributed by atoms with Crippen molar-refractivity contribution in [3.63, 3.8) is 0 Å². The van der Waals surface area contributed by atoms with Crippen LogP contribution in [0.2, 0.25) is 0 Å². The Bertz CT molecular complexity index is 964. The first-order chi connectivity index (χ1) is 12.9. The molecule has 140 valence electrons. The van der Waals surface area contributed by atoms with Crippen molar-refractivity contribution in [3.05, 3.63) is 75.5 Å². The first-order valence-corrected chi connectivity index (χ1v) is 9.23. The number of anilines is 1. The van der Waals surface area contributed by atoms with Crippen molar-refractivity contribution in [2.45, 2.75) is 20.4 Å². The van der Waals surface area contributed by atoms with Gasteiger partial charge in [0.1, 0.15) is 5.82 Å². The average molecular weight is 386 g/mol. The number of carbonyl (C=O) groups excluding carboxylic acids is 2. The Morgan fingerprint density at radius 3 is 2.70 bits per heavy atom. The second-order valence-corrected chi connectivity index (χ2v) is 7.12. The summed E-state index contributed by atoms with van der Waals surface area (Å²) in [4.78, 5) is 25.5. The number of halogens is 1. The molecule has 0 aliphatic carbocycles. The van der Waals surface area contributed by atoms with E-state index in [-0.39, 0.29) is 0 Å². The SMILES string of the molecule is Cc1cc(C(=O)OCC(=O)Nc2cccc(F)c2)c(C)n1Cc1cccs1. The van der Waals surface area contributed by atoms with Gasteiger partial charge in [0.25, 0.3) is 5.91 Å². The summed E-state index contributed by atoms with van der Waals surface area (Å²) in [6, 6.07) is 11.3. The smallest absolute Gasteiger partial charge is 0.340 e. The quantitative estimate of drug-likeness (QED) is 0.648. The lowest BCUT2D eigenvalue weighted by atomic mass is 10.2. The van der Waals surface area contributed by atoms with Gasteiger partial charge in [-0.1, -0.05) is 12.1 Å². The molecule has 0 saturated heterocycles. The molecule has 2 aromatic heterocycles. The Balaban J connectivity index is 1.62. The molecule has 5 nitrogen and oxygen atoms in total. The molecule has 0 spiro atoms. The fourth-order valence-corrected chi connectivity index (χ4v) is 3.47. The van der Waals surface area contributed by atoms with E-state index in [1.165, 1.54) is 23.1 Å². The number of hydrogen-bond donors (Lipinski definition) is 1. The van der Waals surface area contributed by atoms with Gasteiger partial charge >= 0.3 is 5.97 Å². The summed E-state index contributed by atoms with van der Waals surface area (Å²) in [6.45, 7) is 4.02. The van der Waals surface area contributed by atoms with Crippen molar-refractivity contribution in [2.24, 2.45) is 0 Å². The number of hydrogen-bond acceptors (Lipinski definition) is 4.